The predicted molar refractivity (Wildman–Crippen MR) is 66.6 cm³/mol. The quantitative estimate of drug-likeness (QED) is 0.901. The number of rotatable bonds is 5. The summed E-state index contributed by atoms with van der Waals surface area (Å²) in [6.07, 6.45) is -2.12. The predicted octanol–water partition coefficient (Wildman–Crippen LogP) is 1.82. The maximum absolute atomic E-state index is 12.2. The molecule has 2 rings (SSSR count). The van der Waals surface area contributed by atoms with Gasteiger partial charge in [0.05, 0.1) is 0 Å². The summed E-state index contributed by atoms with van der Waals surface area (Å²) in [7, 11) is 0. The van der Waals surface area contributed by atoms with Crippen LogP contribution in [0.4, 0.5) is 13.2 Å². The van der Waals surface area contributed by atoms with E-state index < -0.39 is 18.9 Å². The summed E-state index contributed by atoms with van der Waals surface area (Å²) in [6, 6.07) is 3.11. The molecule has 1 aromatic rings. The minimum atomic E-state index is -4.43. The molecular weight excluding hydrogens is 289 g/mol. The molecule has 5 nitrogen and oxygen atoms in total. The van der Waals surface area contributed by atoms with E-state index in [0.717, 1.165) is 6.42 Å². The van der Waals surface area contributed by atoms with Crippen LogP contribution in [0.5, 0.6) is 5.88 Å². The van der Waals surface area contributed by atoms with Crippen LogP contribution >= 0.6 is 0 Å². The fraction of sp³-hybridized carbons (Fsp3) is 0.538. The Bertz CT molecular complexity index is 488. The fourth-order valence-electron chi connectivity index (χ4n) is 1.92. The van der Waals surface area contributed by atoms with Crippen molar-refractivity contribution >= 4 is 5.91 Å². The molecule has 0 unspecified atom stereocenters. The molecule has 1 aliphatic heterocycles. The molecule has 21 heavy (non-hydrogen) atoms. The number of carbonyl (C=O) groups excluding carboxylic acids is 1. The third kappa shape index (κ3) is 4.89. The minimum Gasteiger partial charge on any atom is -0.468 e. The number of ether oxygens (including phenoxy) is 2. The van der Waals surface area contributed by atoms with Crippen molar-refractivity contribution in [1.82, 2.24) is 10.3 Å². The van der Waals surface area contributed by atoms with Crippen molar-refractivity contribution in [2.24, 2.45) is 0 Å². The van der Waals surface area contributed by atoms with E-state index in [9.17, 15) is 18.0 Å². The van der Waals surface area contributed by atoms with E-state index >= 15 is 0 Å². The van der Waals surface area contributed by atoms with Gasteiger partial charge in [0, 0.05) is 24.9 Å². The van der Waals surface area contributed by atoms with E-state index in [0.29, 0.717) is 18.6 Å². The highest BCUT2D eigenvalue weighted by atomic mass is 19.4. The maximum atomic E-state index is 12.2. The summed E-state index contributed by atoms with van der Waals surface area (Å²) >= 11 is 0. The fourth-order valence-corrected chi connectivity index (χ4v) is 1.92. The lowest BCUT2D eigenvalue weighted by atomic mass is 10.2. The molecule has 0 aliphatic carbocycles. The van der Waals surface area contributed by atoms with Gasteiger partial charge in [0.25, 0.3) is 0 Å². The van der Waals surface area contributed by atoms with Gasteiger partial charge >= 0.3 is 6.18 Å². The van der Waals surface area contributed by atoms with Crippen molar-refractivity contribution in [3.8, 4) is 5.88 Å². The van der Waals surface area contributed by atoms with E-state index in [1.807, 2.05) is 0 Å². The Morgan fingerprint density at radius 3 is 3.00 bits per heavy atom. The highest BCUT2D eigenvalue weighted by Crippen LogP contribution is 2.20. The van der Waals surface area contributed by atoms with Crippen molar-refractivity contribution in [2.45, 2.75) is 31.7 Å². The third-order valence-corrected chi connectivity index (χ3v) is 2.90. The van der Waals surface area contributed by atoms with Crippen molar-refractivity contribution in [1.29, 1.82) is 0 Å². The Balaban J connectivity index is 1.91. The molecule has 2 heterocycles. The Hall–Kier alpha value is -1.83. The van der Waals surface area contributed by atoms with Crippen LogP contribution < -0.4 is 10.1 Å². The first-order valence-electron chi connectivity index (χ1n) is 6.48. The molecule has 0 aromatic carbocycles. The molecule has 0 bridgehead atoms. The zero-order valence-electron chi connectivity index (χ0n) is 11.2. The molecule has 0 radical (unpaired) electrons. The number of halogens is 3. The molecule has 1 fully saturated rings. The molecule has 0 spiro atoms. The van der Waals surface area contributed by atoms with Crippen molar-refractivity contribution in [2.75, 3.05) is 13.2 Å². The first-order chi connectivity index (χ1) is 9.96. The smallest absolute Gasteiger partial charge is 0.422 e. The van der Waals surface area contributed by atoms with Gasteiger partial charge in [0.15, 0.2) is 6.61 Å². The highest BCUT2D eigenvalue weighted by Gasteiger charge is 2.29. The highest BCUT2D eigenvalue weighted by molar-refractivity contribution is 5.80. The van der Waals surface area contributed by atoms with Gasteiger partial charge in [-0.2, -0.15) is 13.2 Å². The van der Waals surface area contributed by atoms with Gasteiger partial charge in [-0.05, 0) is 18.9 Å². The van der Waals surface area contributed by atoms with E-state index in [1.54, 1.807) is 12.1 Å². The van der Waals surface area contributed by atoms with Crippen LogP contribution in [0.3, 0.4) is 0 Å². The summed E-state index contributed by atoms with van der Waals surface area (Å²) in [5, 5.41) is 2.61. The second-order valence-electron chi connectivity index (χ2n) is 4.59. The average Bonchev–Trinajstić information content (AvgIpc) is 2.96. The minimum absolute atomic E-state index is 0.0414. The molecule has 1 atom stereocenters. The second-order valence-corrected chi connectivity index (χ2v) is 4.59. The third-order valence-electron chi connectivity index (χ3n) is 2.90. The first-order valence-corrected chi connectivity index (χ1v) is 6.48. The van der Waals surface area contributed by atoms with Crippen LogP contribution in [0.25, 0.3) is 0 Å². The van der Waals surface area contributed by atoms with E-state index in [-0.39, 0.29) is 18.3 Å². The molecule has 1 amide bonds. The van der Waals surface area contributed by atoms with Gasteiger partial charge in [-0.15, -0.1) is 0 Å². The normalized spacial score (nSPS) is 18.5. The zero-order chi connectivity index (χ0) is 15.3. The molecule has 0 saturated carbocycles. The van der Waals surface area contributed by atoms with E-state index in [2.05, 4.69) is 15.0 Å². The van der Waals surface area contributed by atoms with Crippen LogP contribution in [0, 0.1) is 0 Å². The Morgan fingerprint density at radius 2 is 2.33 bits per heavy atom. The summed E-state index contributed by atoms with van der Waals surface area (Å²) in [5.74, 6) is -0.416. The zero-order valence-corrected chi connectivity index (χ0v) is 11.2. The summed E-state index contributed by atoms with van der Waals surface area (Å²) in [5.41, 5.74) is 0.382. The van der Waals surface area contributed by atoms with Gasteiger partial charge in [-0.1, -0.05) is 6.07 Å². The van der Waals surface area contributed by atoms with Crippen molar-refractivity contribution < 1.29 is 27.4 Å². The maximum Gasteiger partial charge on any atom is 0.422 e. The lowest BCUT2D eigenvalue weighted by molar-refractivity contribution is -0.154. The van der Waals surface area contributed by atoms with E-state index in [1.165, 1.54) is 6.20 Å². The van der Waals surface area contributed by atoms with E-state index in [4.69, 9.17) is 4.74 Å². The monoisotopic (exact) mass is 304 g/mol. The largest absolute Gasteiger partial charge is 0.468 e. The Morgan fingerprint density at radius 1 is 1.52 bits per heavy atom. The average molecular weight is 304 g/mol. The Kier molecular flexibility index (Phi) is 5.00. The molecule has 1 saturated heterocycles. The molecular formula is C13H15F3N2O3. The van der Waals surface area contributed by atoms with Gasteiger partial charge in [0.2, 0.25) is 11.8 Å². The molecule has 8 heteroatoms. The summed E-state index contributed by atoms with van der Waals surface area (Å²) < 4.78 is 46.3. The Labute approximate surface area is 119 Å². The number of pyridine rings is 1. The van der Waals surface area contributed by atoms with Crippen LogP contribution in [-0.2, 0) is 16.1 Å². The van der Waals surface area contributed by atoms with Crippen LogP contribution in [0.2, 0.25) is 0 Å². The molecule has 1 aliphatic rings. The van der Waals surface area contributed by atoms with Gasteiger partial charge in [-0.3, -0.25) is 4.79 Å². The van der Waals surface area contributed by atoms with Crippen LogP contribution in [-0.4, -0.2) is 36.4 Å². The number of nitrogens with one attached hydrogen (secondary N) is 1. The number of amides is 1. The summed E-state index contributed by atoms with van der Waals surface area (Å²) in [4.78, 5) is 15.5. The number of carbonyl (C=O) groups is 1. The number of nitrogens with zero attached hydrogens (tertiary/aromatic N) is 1. The molecule has 1 aromatic heterocycles. The lowest BCUT2D eigenvalue weighted by Gasteiger charge is -2.14. The van der Waals surface area contributed by atoms with Crippen molar-refractivity contribution in [3.05, 3.63) is 23.9 Å². The van der Waals surface area contributed by atoms with Gasteiger partial charge in [-0.25, -0.2) is 4.98 Å². The number of hydrogen-bond donors (Lipinski definition) is 1. The number of hydrogen-bond acceptors (Lipinski definition) is 4. The first kappa shape index (κ1) is 15.6. The molecule has 1 N–H and O–H groups in total. The SMILES string of the molecule is O=C(NCc1cccnc1OCC(F)(F)F)[C@@H]1CCCO1. The number of alkyl halides is 3. The number of aromatic nitrogens is 1. The van der Waals surface area contributed by atoms with Crippen molar-refractivity contribution in [3.63, 3.8) is 0 Å². The van der Waals surface area contributed by atoms with Crippen LogP contribution in [0.15, 0.2) is 18.3 Å². The standard InChI is InChI=1S/C13H15F3N2O3/c14-13(15,16)8-21-12-9(3-1-5-17-12)7-18-11(19)10-4-2-6-20-10/h1,3,5,10H,2,4,6-8H2,(H,18,19)/t10-/m0/s1. The topological polar surface area (TPSA) is 60.5 Å². The van der Waals surface area contributed by atoms with Gasteiger partial charge in [0.1, 0.15) is 6.10 Å². The lowest BCUT2D eigenvalue weighted by Crippen LogP contribution is -2.33. The summed E-state index contributed by atoms with van der Waals surface area (Å²) in [6.45, 7) is -0.832. The molecule has 116 valence electrons. The van der Waals surface area contributed by atoms with Gasteiger partial charge < -0.3 is 14.8 Å². The van der Waals surface area contributed by atoms with Crippen LogP contribution in [0.1, 0.15) is 18.4 Å². The second kappa shape index (κ2) is 6.75.